The van der Waals surface area contributed by atoms with Crippen molar-refractivity contribution in [1.82, 2.24) is 15.0 Å². The smallest absolute Gasteiger partial charge is 0.164 e. The molecule has 0 amide bonds. The van der Waals surface area contributed by atoms with E-state index in [9.17, 15) is 5.26 Å². The van der Waals surface area contributed by atoms with E-state index in [4.69, 9.17) is 15.0 Å². The van der Waals surface area contributed by atoms with Gasteiger partial charge in [0.15, 0.2) is 17.5 Å². The highest BCUT2D eigenvalue weighted by Gasteiger charge is 2.16. The molecule has 1 atom stereocenters. The number of benzene rings is 6. The van der Waals surface area contributed by atoms with Gasteiger partial charge < -0.3 is 0 Å². The Balaban J connectivity index is 1.22. The van der Waals surface area contributed by atoms with Gasteiger partial charge in [-0.05, 0) is 68.3 Å². The minimum absolute atomic E-state index is 0.456. The normalized spacial score (nSPS) is 13.4. The van der Waals surface area contributed by atoms with Crippen LogP contribution < -0.4 is 10.4 Å². The monoisotopic (exact) mass is 628 g/mol. The van der Waals surface area contributed by atoms with Crippen molar-refractivity contribution in [2.75, 3.05) is 0 Å². The number of hydrogen-bond donors (Lipinski definition) is 0. The van der Waals surface area contributed by atoms with Crippen molar-refractivity contribution in [3.63, 3.8) is 0 Å². The Kier molecular flexibility index (Phi) is 7.93. The number of aromatic nitrogens is 3. The fraction of sp³-hybridized carbons (Fsp3) is 0.0667. The summed E-state index contributed by atoms with van der Waals surface area (Å²) >= 11 is 0. The van der Waals surface area contributed by atoms with Gasteiger partial charge in [0.05, 0.1) is 11.6 Å². The van der Waals surface area contributed by atoms with Crippen LogP contribution in [0.2, 0.25) is 0 Å². The summed E-state index contributed by atoms with van der Waals surface area (Å²) in [7, 11) is 0. The molecule has 1 aliphatic carbocycles. The second kappa shape index (κ2) is 13.0. The highest BCUT2D eigenvalue weighted by Crippen LogP contribution is 2.33. The number of nitriles is 1. The van der Waals surface area contributed by atoms with E-state index in [0.717, 1.165) is 45.4 Å². The summed E-state index contributed by atoms with van der Waals surface area (Å²) < 4.78 is 0. The van der Waals surface area contributed by atoms with Crippen LogP contribution in [0.15, 0.2) is 146 Å². The van der Waals surface area contributed by atoms with E-state index < -0.39 is 0 Å². The van der Waals surface area contributed by atoms with Crippen molar-refractivity contribution in [2.45, 2.75) is 13.3 Å². The predicted octanol–water partition coefficient (Wildman–Crippen LogP) is 9.35. The largest absolute Gasteiger partial charge is 0.208 e. The number of hydrogen-bond acceptors (Lipinski definition) is 4. The van der Waals surface area contributed by atoms with Crippen molar-refractivity contribution < 1.29 is 0 Å². The van der Waals surface area contributed by atoms with Crippen molar-refractivity contribution in [3.05, 3.63) is 162 Å². The van der Waals surface area contributed by atoms with Crippen LogP contribution in [0.5, 0.6) is 0 Å². The fourth-order valence-corrected chi connectivity index (χ4v) is 6.51. The van der Waals surface area contributed by atoms with Gasteiger partial charge in [-0.3, -0.25) is 0 Å². The first kappa shape index (κ1) is 29.9. The Bertz CT molecular complexity index is 2390. The molecule has 0 radical (unpaired) electrons. The summed E-state index contributed by atoms with van der Waals surface area (Å²) in [5.74, 6) is 2.40. The lowest BCUT2D eigenvalue weighted by molar-refractivity contribution is 0.801. The van der Waals surface area contributed by atoms with Crippen LogP contribution in [-0.2, 0) is 0 Å². The molecule has 232 valence electrons. The molecule has 0 N–H and O–H groups in total. The maximum atomic E-state index is 9.20. The topological polar surface area (TPSA) is 62.5 Å². The molecular weight excluding hydrogens is 597 g/mol. The molecule has 0 saturated carbocycles. The molecule has 1 unspecified atom stereocenters. The van der Waals surface area contributed by atoms with Crippen LogP contribution in [0.4, 0.5) is 0 Å². The molecule has 4 nitrogen and oxygen atoms in total. The van der Waals surface area contributed by atoms with Crippen LogP contribution in [0.3, 0.4) is 0 Å². The minimum atomic E-state index is 0.456. The van der Waals surface area contributed by atoms with E-state index >= 15 is 0 Å². The van der Waals surface area contributed by atoms with Gasteiger partial charge in [0.2, 0.25) is 0 Å². The molecule has 49 heavy (non-hydrogen) atoms. The molecule has 6 aromatic carbocycles. The Morgan fingerprint density at radius 1 is 0.510 bits per heavy atom. The molecule has 4 heteroatoms. The number of fused-ring (bicyclic) bond motifs is 1. The fourth-order valence-electron chi connectivity index (χ4n) is 6.51. The van der Waals surface area contributed by atoms with Crippen molar-refractivity contribution >= 4 is 12.2 Å². The quantitative estimate of drug-likeness (QED) is 0.184. The van der Waals surface area contributed by atoms with E-state index in [2.05, 4.69) is 85.8 Å². The zero-order chi connectivity index (χ0) is 33.2. The third-order valence-electron chi connectivity index (χ3n) is 9.11. The Morgan fingerprint density at radius 2 is 0.980 bits per heavy atom. The van der Waals surface area contributed by atoms with Crippen molar-refractivity contribution in [3.8, 4) is 73.6 Å². The van der Waals surface area contributed by atoms with Crippen LogP contribution in [0.25, 0.3) is 79.7 Å². The Hall–Kier alpha value is -6.44. The Morgan fingerprint density at radius 3 is 1.53 bits per heavy atom. The maximum absolute atomic E-state index is 9.20. The van der Waals surface area contributed by atoms with E-state index in [1.807, 2.05) is 84.9 Å². The standard InChI is InChI=1S/C45H32N4/c1-30-12-15-35-26-27-40(34-20-18-33(19-21-34)32-16-13-31(29-46)14-17-32)42(41(35)28-30)36-22-24-39(25-23-36)45-48-43(37-8-4-2-5-9-37)47-44(49-45)38-10-6-3-7-11-38/h2-11,13-28,30H,12H2,1H3. The van der Waals surface area contributed by atoms with Gasteiger partial charge in [-0.25, -0.2) is 15.0 Å². The van der Waals surface area contributed by atoms with Crippen molar-refractivity contribution in [1.29, 1.82) is 5.26 Å². The molecule has 8 rings (SSSR count). The van der Waals surface area contributed by atoms with Crippen LogP contribution >= 0.6 is 0 Å². The summed E-state index contributed by atoms with van der Waals surface area (Å²) in [6.45, 7) is 2.28. The summed E-state index contributed by atoms with van der Waals surface area (Å²) in [6, 6.07) is 51.9. The zero-order valence-electron chi connectivity index (χ0n) is 27.1. The summed E-state index contributed by atoms with van der Waals surface area (Å²) in [6.07, 6.45) is 5.81. The van der Waals surface area contributed by atoms with E-state index in [1.54, 1.807) is 0 Å². The van der Waals surface area contributed by atoms with E-state index in [-0.39, 0.29) is 0 Å². The van der Waals surface area contributed by atoms with Gasteiger partial charge in [-0.15, -0.1) is 0 Å². The maximum Gasteiger partial charge on any atom is 0.164 e. The molecule has 1 aliphatic rings. The Labute approximate surface area is 286 Å². The number of rotatable bonds is 6. The predicted molar refractivity (Wildman–Crippen MR) is 199 cm³/mol. The van der Waals surface area contributed by atoms with Gasteiger partial charge in [-0.1, -0.05) is 153 Å². The average molecular weight is 629 g/mol. The van der Waals surface area contributed by atoms with Crippen LogP contribution in [-0.4, -0.2) is 15.0 Å². The second-order valence-corrected chi connectivity index (χ2v) is 12.5. The van der Waals surface area contributed by atoms with E-state index in [0.29, 0.717) is 29.0 Å². The molecule has 0 bridgehead atoms. The van der Waals surface area contributed by atoms with Crippen LogP contribution in [0, 0.1) is 17.2 Å². The summed E-state index contributed by atoms with van der Waals surface area (Å²) in [5.41, 5.74) is 10.4. The van der Waals surface area contributed by atoms with Crippen LogP contribution in [0.1, 0.15) is 18.9 Å². The highest BCUT2D eigenvalue weighted by molar-refractivity contribution is 5.86. The van der Waals surface area contributed by atoms with Gasteiger partial charge in [0.1, 0.15) is 0 Å². The van der Waals surface area contributed by atoms with Gasteiger partial charge in [0.25, 0.3) is 0 Å². The molecule has 0 fully saturated rings. The lowest BCUT2D eigenvalue weighted by atomic mass is 9.87. The molecule has 0 spiro atoms. The minimum Gasteiger partial charge on any atom is -0.208 e. The third-order valence-corrected chi connectivity index (χ3v) is 9.11. The molecule has 1 aromatic heterocycles. The lowest BCUT2D eigenvalue weighted by Gasteiger charge is -2.17. The van der Waals surface area contributed by atoms with Gasteiger partial charge >= 0.3 is 0 Å². The summed E-state index contributed by atoms with van der Waals surface area (Å²) in [4.78, 5) is 14.7. The first-order valence-electron chi connectivity index (χ1n) is 16.6. The van der Waals surface area contributed by atoms with Gasteiger partial charge in [-0.2, -0.15) is 5.26 Å². The summed E-state index contributed by atoms with van der Waals surface area (Å²) in [5, 5.41) is 11.7. The molecule has 7 aromatic rings. The highest BCUT2D eigenvalue weighted by atomic mass is 15.0. The molecule has 1 heterocycles. The third kappa shape index (κ3) is 6.06. The molecule has 0 saturated heterocycles. The van der Waals surface area contributed by atoms with Gasteiger partial charge in [0, 0.05) is 16.7 Å². The zero-order valence-corrected chi connectivity index (χ0v) is 27.1. The average Bonchev–Trinajstić information content (AvgIpc) is 3.18. The lowest BCUT2D eigenvalue weighted by Crippen LogP contribution is -2.31. The first-order chi connectivity index (χ1) is 24.1. The SMILES string of the molecule is CC1C=c2c(-c3ccc(-c4nc(-c5ccccc5)nc(-c5ccccc5)n4)cc3)c(-c3ccc(-c4ccc(C#N)cc4)cc3)ccc2=CC1. The second-order valence-electron chi connectivity index (χ2n) is 12.5. The van der Waals surface area contributed by atoms with E-state index in [1.165, 1.54) is 21.6 Å². The van der Waals surface area contributed by atoms with Crippen molar-refractivity contribution in [2.24, 2.45) is 5.92 Å². The first-order valence-corrected chi connectivity index (χ1v) is 16.6. The molecule has 0 aliphatic heterocycles. The molecular formula is C45H32N4. The number of nitrogens with zero attached hydrogens (tertiary/aromatic N) is 4.